The minimum Gasteiger partial charge on any atom is -0.508 e. The SMILES string of the molecule is CC(CNC(=O)c1ccc(NC(=O)c2cc3ccccc3o2)c(OCCc2ccc(O)cc2)c1)c1ccc(F)cc1.O=C(NCc1cccc(F)c1)c1ccc(NC(=O)c2cc3ccccc3o2)c(OCCc2ccc(O)cc2)c1.O=C(NCc1ccccc1)c1ccc(NC(=O)c2cc3ccccc3o2)c(OCCc2ccc(O)cc2)c1. The van der Waals surface area contributed by atoms with Gasteiger partial charge in [0.2, 0.25) is 0 Å². The molecule has 1 unspecified atom stereocenters. The van der Waals surface area contributed by atoms with E-state index in [1.807, 2.05) is 104 Å². The van der Waals surface area contributed by atoms with E-state index >= 15 is 0 Å². The van der Waals surface area contributed by atoms with Crippen molar-refractivity contribution < 1.29 is 80.3 Å². The second kappa shape index (κ2) is 39.0. The number of rotatable bonds is 28. The monoisotopic (exact) mass is 1580 g/mol. The van der Waals surface area contributed by atoms with Gasteiger partial charge in [-0.3, -0.25) is 28.8 Å². The van der Waals surface area contributed by atoms with Gasteiger partial charge < -0.3 is 74.7 Å². The van der Waals surface area contributed by atoms with Crippen LogP contribution >= 0.6 is 0 Å². The summed E-state index contributed by atoms with van der Waals surface area (Å²) >= 11 is 0. The Morgan fingerprint density at radius 2 is 0.678 bits per heavy atom. The number of benzene rings is 12. The summed E-state index contributed by atoms with van der Waals surface area (Å²) in [6, 6.07) is 83.7. The van der Waals surface area contributed by atoms with Crippen LogP contribution in [0.1, 0.15) is 109 Å². The number of carbonyl (C=O) groups is 6. The lowest BCUT2D eigenvalue weighted by atomic mass is 10.0. The standard InChI is InChI=1S/C33H29FN2O5.C31H25FN2O5.C31H26N2O5/c1-21(23-8-11-26(34)12-9-23)20-35-32(38)25-10-15-28(30(19-25)40-17-16-22-6-13-27(37)14-7-22)36-33(39)31-18-24-4-2-3-5-29(24)41-31;32-24-6-3-4-21(16-24)19-33-30(36)23-10-13-26(28(18-23)38-15-14-20-8-11-25(35)12-9-20)34-31(37)29-17-22-5-1-2-7-27(22)39-29;34-25-13-10-21(11-14-25)16-17-37-28-19-24(30(35)32-20-22-6-2-1-3-7-22)12-15-26(28)33-31(36)29-18-23-8-4-5-9-27(23)38-29/h2-15,18-19,21,37H,16-17,20H2,1H3,(H,35,38)(H,36,39);1-13,16-18,35H,14-15,19H2,(H,33,36)(H,34,37);1-15,18-19,34H,16-17,20H2,(H,32,35)(H,33,36). The molecule has 0 aliphatic rings. The maximum absolute atomic E-state index is 13.5. The van der Waals surface area contributed by atoms with Gasteiger partial charge in [0.1, 0.15) is 62.9 Å². The molecular formula is C95H80F2N6O15. The van der Waals surface area contributed by atoms with E-state index < -0.39 is 17.7 Å². The van der Waals surface area contributed by atoms with Gasteiger partial charge in [0.25, 0.3) is 35.4 Å². The van der Waals surface area contributed by atoms with E-state index in [4.69, 9.17) is 27.5 Å². The number of amides is 6. The Morgan fingerprint density at radius 3 is 1.05 bits per heavy atom. The molecular weight excluding hydrogens is 1500 g/mol. The summed E-state index contributed by atoms with van der Waals surface area (Å²) in [6.45, 7) is 3.67. The molecule has 0 saturated carbocycles. The summed E-state index contributed by atoms with van der Waals surface area (Å²) in [6.07, 6.45) is 1.65. The van der Waals surface area contributed by atoms with E-state index in [9.17, 15) is 52.9 Å². The number of phenols is 3. The third-order valence-corrected chi connectivity index (χ3v) is 18.8. The number of hydrogen-bond acceptors (Lipinski definition) is 15. The van der Waals surface area contributed by atoms with E-state index in [1.165, 1.54) is 24.3 Å². The number of halogens is 2. The topological polar surface area (TPSA) is 302 Å². The van der Waals surface area contributed by atoms with Crippen molar-refractivity contribution in [2.75, 3.05) is 42.3 Å². The number of ether oxygens (including phenoxy) is 3. The molecule has 0 fully saturated rings. The average molecular weight is 1580 g/mol. The van der Waals surface area contributed by atoms with E-state index in [-0.39, 0.29) is 89.6 Å². The highest BCUT2D eigenvalue weighted by molar-refractivity contribution is 6.08. The van der Waals surface area contributed by atoms with Crippen LogP contribution in [-0.4, -0.2) is 77.1 Å². The molecule has 9 N–H and O–H groups in total. The molecule has 0 aliphatic carbocycles. The summed E-state index contributed by atoms with van der Waals surface area (Å²) in [5, 5.41) is 48.0. The Hall–Kier alpha value is -15.3. The van der Waals surface area contributed by atoms with Crippen LogP contribution in [0.3, 0.4) is 0 Å². The van der Waals surface area contributed by atoms with Crippen LogP contribution in [0.4, 0.5) is 25.8 Å². The first kappa shape index (κ1) is 80.8. The molecule has 1 atom stereocenters. The molecule has 0 saturated heterocycles. The van der Waals surface area contributed by atoms with Crippen LogP contribution in [0.15, 0.2) is 311 Å². The highest BCUT2D eigenvalue weighted by Crippen LogP contribution is 2.33. The first-order valence-electron chi connectivity index (χ1n) is 37.8. The highest BCUT2D eigenvalue weighted by atomic mass is 19.1. The zero-order valence-electron chi connectivity index (χ0n) is 63.7. The van der Waals surface area contributed by atoms with Gasteiger partial charge in [-0.1, -0.05) is 153 Å². The highest BCUT2D eigenvalue weighted by Gasteiger charge is 2.22. The van der Waals surface area contributed by atoms with Crippen molar-refractivity contribution >= 4 is 85.4 Å². The van der Waals surface area contributed by atoms with Crippen molar-refractivity contribution in [2.24, 2.45) is 0 Å². The molecule has 0 aliphatic heterocycles. The molecule has 594 valence electrons. The third-order valence-electron chi connectivity index (χ3n) is 18.8. The number of phenolic OH excluding ortho intramolecular Hbond substituents is 3. The van der Waals surface area contributed by atoms with Crippen molar-refractivity contribution in [3.63, 3.8) is 0 Å². The molecule has 3 aromatic heterocycles. The van der Waals surface area contributed by atoms with Crippen LogP contribution in [0.2, 0.25) is 0 Å². The van der Waals surface area contributed by atoms with Gasteiger partial charge in [-0.15, -0.1) is 0 Å². The second-order valence-corrected chi connectivity index (χ2v) is 27.4. The summed E-state index contributed by atoms with van der Waals surface area (Å²) in [7, 11) is 0. The molecule has 21 nitrogen and oxygen atoms in total. The molecule has 23 heteroatoms. The number of nitrogens with one attached hydrogen (secondary N) is 6. The summed E-state index contributed by atoms with van der Waals surface area (Å²) in [5.74, 6) is -0.989. The molecule has 15 aromatic rings. The van der Waals surface area contributed by atoms with Crippen molar-refractivity contribution in [1.29, 1.82) is 0 Å². The molecule has 3 heterocycles. The molecule has 0 bridgehead atoms. The Bertz CT molecular complexity index is 5910. The smallest absolute Gasteiger partial charge is 0.291 e. The van der Waals surface area contributed by atoms with Gasteiger partial charge >= 0.3 is 0 Å². The number of hydrogen-bond donors (Lipinski definition) is 9. The zero-order chi connectivity index (χ0) is 82.3. The first-order valence-corrected chi connectivity index (χ1v) is 37.8. The zero-order valence-corrected chi connectivity index (χ0v) is 63.7. The van der Waals surface area contributed by atoms with Gasteiger partial charge in [-0.05, 0) is 191 Å². The molecule has 12 aromatic carbocycles. The van der Waals surface area contributed by atoms with Crippen molar-refractivity contribution in [3.8, 4) is 34.5 Å². The van der Waals surface area contributed by atoms with E-state index in [1.54, 1.807) is 176 Å². The lowest BCUT2D eigenvalue weighted by molar-refractivity contribution is 0.0942. The van der Waals surface area contributed by atoms with Gasteiger partial charge in [0.15, 0.2) is 17.3 Å². The maximum atomic E-state index is 13.5. The largest absolute Gasteiger partial charge is 0.508 e. The average Bonchev–Trinajstić information content (AvgIpc) is 1.68. The number of para-hydroxylation sites is 3. The minimum atomic E-state index is -0.460. The van der Waals surface area contributed by atoms with Gasteiger partial charge in [0, 0.05) is 71.7 Å². The Labute approximate surface area is 676 Å². The Kier molecular flexibility index (Phi) is 26.7. The predicted molar refractivity (Wildman–Crippen MR) is 446 cm³/mol. The minimum absolute atomic E-state index is 0.0250. The van der Waals surface area contributed by atoms with Crippen LogP contribution in [0, 0.1) is 11.6 Å². The van der Waals surface area contributed by atoms with Crippen LogP contribution in [0.25, 0.3) is 32.9 Å². The second-order valence-electron chi connectivity index (χ2n) is 27.4. The maximum Gasteiger partial charge on any atom is 0.291 e. The molecule has 6 amide bonds. The number of aromatic hydroxyl groups is 3. The normalized spacial score (nSPS) is 11.1. The lowest BCUT2D eigenvalue weighted by Crippen LogP contribution is -2.27. The first-order chi connectivity index (χ1) is 57.3. The van der Waals surface area contributed by atoms with Gasteiger partial charge in [-0.2, -0.15) is 0 Å². The Morgan fingerprint density at radius 1 is 0.331 bits per heavy atom. The van der Waals surface area contributed by atoms with E-state index in [0.717, 1.165) is 44.0 Å². The van der Waals surface area contributed by atoms with Crippen LogP contribution in [0.5, 0.6) is 34.5 Å². The lowest BCUT2D eigenvalue weighted by Gasteiger charge is -2.16. The van der Waals surface area contributed by atoms with Crippen LogP contribution in [-0.2, 0) is 32.4 Å². The summed E-state index contributed by atoms with van der Waals surface area (Å²) in [4.78, 5) is 77.7. The quantitative estimate of drug-likeness (QED) is 0.0220. The van der Waals surface area contributed by atoms with E-state index in [2.05, 4.69) is 31.9 Å². The number of fused-ring (bicyclic) bond motifs is 3. The fraction of sp³-hybridized carbons (Fsp3) is 0.116. The molecule has 118 heavy (non-hydrogen) atoms. The fourth-order valence-corrected chi connectivity index (χ4v) is 12.4. The third kappa shape index (κ3) is 22.4. The summed E-state index contributed by atoms with van der Waals surface area (Å²) in [5.41, 5.74) is 9.48. The van der Waals surface area contributed by atoms with Crippen LogP contribution < -0.4 is 46.1 Å². The van der Waals surface area contributed by atoms with Crippen molar-refractivity contribution in [1.82, 2.24) is 16.0 Å². The predicted octanol–water partition coefficient (Wildman–Crippen LogP) is 18.7. The van der Waals surface area contributed by atoms with E-state index in [0.29, 0.717) is 112 Å². The van der Waals surface area contributed by atoms with Crippen molar-refractivity contribution in [2.45, 2.75) is 45.2 Å². The number of carbonyl (C=O) groups excluding carboxylic acids is 6. The Balaban J connectivity index is 0.000000154. The van der Waals surface area contributed by atoms with Gasteiger partial charge in [-0.25, -0.2) is 8.78 Å². The fourth-order valence-electron chi connectivity index (χ4n) is 12.4. The number of anilines is 3. The molecule has 0 spiro atoms. The molecule has 15 rings (SSSR count). The summed E-state index contributed by atoms with van der Waals surface area (Å²) < 4.78 is 61.9. The van der Waals surface area contributed by atoms with Crippen molar-refractivity contribution in [3.05, 3.63) is 376 Å². The van der Waals surface area contributed by atoms with Gasteiger partial charge in [0.05, 0.1) is 36.9 Å². The molecule has 0 radical (unpaired) electrons. The number of furan rings is 3.